The maximum absolute atomic E-state index is 12.1. The average Bonchev–Trinajstić information content (AvgIpc) is 2.47. The summed E-state index contributed by atoms with van der Waals surface area (Å²) in [6.07, 6.45) is 2.98. The number of hydrogen-bond acceptors (Lipinski definition) is 3. The van der Waals surface area contributed by atoms with Gasteiger partial charge < -0.3 is 10.5 Å². The number of primary amides is 1. The Kier molecular flexibility index (Phi) is 7.26. The third-order valence-electron chi connectivity index (χ3n) is 3.32. The summed E-state index contributed by atoms with van der Waals surface area (Å²) in [4.78, 5) is 12.1. The fourth-order valence-electron chi connectivity index (χ4n) is 2.07. The Hall–Kier alpha value is -1.39. The highest BCUT2D eigenvalue weighted by Crippen LogP contribution is 2.22. The molecule has 0 saturated carbocycles. The molecule has 0 bridgehead atoms. The number of benzene rings is 1. The van der Waals surface area contributed by atoms with E-state index in [-0.39, 0.29) is 6.61 Å². The van der Waals surface area contributed by atoms with Gasteiger partial charge in [0, 0.05) is 6.61 Å². The highest BCUT2D eigenvalue weighted by atomic mass is 16.5. The van der Waals surface area contributed by atoms with Gasteiger partial charge in [0.05, 0.1) is 6.61 Å². The van der Waals surface area contributed by atoms with Crippen molar-refractivity contribution >= 4 is 5.91 Å². The van der Waals surface area contributed by atoms with Crippen LogP contribution in [0, 0.1) is 0 Å². The summed E-state index contributed by atoms with van der Waals surface area (Å²) >= 11 is 0. The molecule has 0 fully saturated rings. The first-order chi connectivity index (χ1) is 9.67. The van der Waals surface area contributed by atoms with Crippen LogP contribution in [0.1, 0.15) is 38.7 Å². The molecule has 1 atom stereocenters. The standard InChI is InChI=1S/C16H26N2O2/c1-3-5-12-20-13-16(15(17)19,18-11-4-2)14-9-7-6-8-10-14/h6-10,18H,3-5,11-13H2,1-2H3,(H2,17,19). The Morgan fingerprint density at radius 2 is 1.95 bits per heavy atom. The minimum atomic E-state index is -0.939. The largest absolute Gasteiger partial charge is 0.379 e. The molecule has 112 valence electrons. The van der Waals surface area contributed by atoms with E-state index in [1.807, 2.05) is 30.3 Å². The lowest BCUT2D eigenvalue weighted by Crippen LogP contribution is -2.56. The molecule has 20 heavy (non-hydrogen) atoms. The summed E-state index contributed by atoms with van der Waals surface area (Å²) in [5.41, 5.74) is 5.60. The zero-order valence-corrected chi connectivity index (χ0v) is 12.5. The zero-order chi connectivity index (χ0) is 14.8. The van der Waals surface area contributed by atoms with Crippen LogP contribution < -0.4 is 11.1 Å². The van der Waals surface area contributed by atoms with Gasteiger partial charge in [-0.05, 0) is 24.9 Å². The van der Waals surface area contributed by atoms with Gasteiger partial charge in [-0.15, -0.1) is 0 Å². The first-order valence-electron chi connectivity index (χ1n) is 7.35. The first kappa shape index (κ1) is 16.7. The van der Waals surface area contributed by atoms with Crippen molar-refractivity contribution in [2.45, 2.75) is 38.6 Å². The number of carbonyl (C=O) groups excluding carboxylic acids is 1. The third kappa shape index (κ3) is 4.32. The van der Waals surface area contributed by atoms with Gasteiger partial charge in [-0.3, -0.25) is 10.1 Å². The topological polar surface area (TPSA) is 64.3 Å². The van der Waals surface area contributed by atoms with Crippen LogP contribution in [0.4, 0.5) is 0 Å². The molecule has 0 aliphatic heterocycles. The molecule has 4 heteroatoms. The van der Waals surface area contributed by atoms with Gasteiger partial charge in [-0.2, -0.15) is 0 Å². The van der Waals surface area contributed by atoms with E-state index < -0.39 is 11.4 Å². The molecule has 1 rings (SSSR count). The van der Waals surface area contributed by atoms with E-state index in [0.717, 1.165) is 31.4 Å². The maximum Gasteiger partial charge on any atom is 0.244 e. The molecule has 0 aromatic heterocycles. The maximum atomic E-state index is 12.1. The van der Waals surface area contributed by atoms with Crippen LogP contribution in [0.5, 0.6) is 0 Å². The van der Waals surface area contributed by atoms with Crippen molar-refractivity contribution in [2.24, 2.45) is 5.73 Å². The normalized spacial score (nSPS) is 13.9. The molecule has 1 unspecified atom stereocenters. The van der Waals surface area contributed by atoms with Crippen molar-refractivity contribution < 1.29 is 9.53 Å². The Morgan fingerprint density at radius 1 is 1.25 bits per heavy atom. The molecule has 0 spiro atoms. The molecule has 4 nitrogen and oxygen atoms in total. The monoisotopic (exact) mass is 278 g/mol. The van der Waals surface area contributed by atoms with E-state index >= 15 is 0 Å². The van der Waals surface area contributed by atoms with Gasteiger partial charge in [0.15, 0.2) is 0 Å². The van der Waals surface area contributed by atoms with Gasteiger partial charge in [-0.25, -0.2) is 0 Å². The van der Waals surface area contributed by atoms with E-state index in [9.17, 15) is 4.79 Å². The molecular weight excluding hydrogens is 252 g/mol. The Labute approximate surface area is 121 Å². The number of ether oxygens (including phenoxy) is 1. The molecule has 0 heterocycles. The molecule has 1 aromatic rings. The van der Waals surface area contributed by atoms with Gasteiger partial charge in [0.2, 0.25) is 5.91 Å². The Bertz CT molecular complexity index is 395. The molecule has 1 aromatic carbocycles. The van der Waals surface area contributed by atoms with Crippen LogP contribution in [0.25, 0.3) is 0 Å². The van der Waals surface area contributed by atoms with Crippen LogP contribution in [-0.2, 0) is 15.1 Å². The van der Waals surface area contributed by atoms with Crippen molar-refractivity contribution in [3.05, 3.63) is 35.9 Å². The fourth-order valence-corrected chi connectivity index (χ4v) is 2.07. The summed E-state index contributed by atoms with van der Waals surface area (Å²) in [7, 11) is 0. The van der Waals surface area contributed by atoms with Crippen LogP contribution >= 0.6 is 0 Å². The number of rotatable bonds is 10. The number of carbonyl (C=O) groups is 1. The van der Waals surface area contributed by atoms with Gasteiger partial charge in [-0.1, -0.05) is 50.6 Å². The number of unbranched alkanes of at least 4 members (excludes halogenated alkanes) is 1. The van der Waals surface area contributed by atoms with Crippen LogP contribution in [0.2, 0.25) is 0 Å². The van der Waals surface area contributed by atoms with Crippen molar-refractivity contribution in [3.63, 3.8) is 0 Å². The molecular formula is C16H26N2O2. The summed E-state index contributed by atoms with van der Waals surface area (Å²) < 4.78 is 5.69. The first-order valence-corrected chi connectivity index (χ1v) is 7.35. The highest BCUT2D eigenvalue weighted by molar-refractivity contribution is 5.86. The zero-order valence-electron chi connectivity index (χ0n) is 12.5. The van der Waals surface area contributed by atoms with E-state index in [1.165, 1.54) is 0 Å². The average molecular weight is 278 g/mol. The van der Waals surface area contributed by atoms with Gasteiger partial charge in [0.25, 0.3) is 0 Å². The Morgan fingerprint density at radius 3 is 2.50 bits per heavy atom. The fraction of sp³-hybridized carbons (Fsp3) is 0.562. The molecule has 0 aliphatic rings. The number of hydrogen-bond donors (Lipinski definition) is 2. The van der Waals surface area contributed by atoms with Crippen LogP contribution in [0.15, 0.2) is 30.3 Å². The second-order valence-electron chi connectivity index (χ2n) is 4.97. The molecule has 0 saturated heterocycles. The minimum Gasteiger partial charge on any atom is -0.379 e. The smallest absolute Gasteiger partial charge is 0.244 e. The van der Waals surface area contributed by atoms with Crippen LogP contribution in [-0.4, -0.2) is 25.7 Å². The summed E-state index contributed by atoms with van der Waals surface area (Å²) in [5.74, 6) is -0.395. The van der Waals surface area contributed by atoms with Crippen molar-refractivity contribution in [3.8, 4) is 0 Å². The lowest BCUT2D eigenvalue weighted by Gasteiger charge is -2.32. The summed E-state index contributed by atoms with van der Waals surface area (Å²) in [6, 6.07) is 9.57. The molecule has 0 radical (unpaired) electrons. The minimum absolute atomic E-state index is 0.270. The third-order valence-corrected chi connectivity index (χ3v) is 3.32. The van der Waals surface area contributed by atoms with Crippen molar-refractivity contribution in [1.82, 2.24) is 5.32 Å². The predicted molar refractivity (Wildman–Crippen MR) is 81.3 cm³/mol. The summed E-state index contributed by atoms with van der Waals surface area (Å²) in [6.45, 7) is 5.80. The second-order valence-corrected chi connectivity index (χ2v) is 4.97. The summed E-state index contributed by atoms with van der Waals surface area (Å²) in [5, 5.41) is 3.28. The lowest BCUT2D eigenvalue weighted by atomic mass is 9.89. The highest BCUT2D eigenvalue weighted by Gasteiger charge is 2.38. The van der Waals surface area contributed by atoms with Crippen molar-refractivity contribution in [1.29, 1.82) is 0 Å². The van der Waals surface area contributed by atoms with Gasteiger partial charge in [0.1, 0.15) is 5.54 Å². The van der Waals surface area contributed by atoms with E-state index in [2.05, 4.69) is 19.2 Å². The number of nitrogens with one attached hydrogen (secondary N) is 1. The predicted octanol–water partition coefficient (Wildman–Crippen LogP) is 2.18. The number of nitrogens with two attached hydrogens (primary N) is 1. The van der Waals surface area contributed by atoms with Crippen LogP contribution in [0.3, 0.4) is 0 Å². The molecule has 0 aliphatic carbocycles. The quantitative estimate of drug-likeness (QED) is 0.645. The molecule has 1 amide bonds. The van der Waals surface area contributed by atoms with E-state index in [1.54, 1.807) is 0 Å². The molecule has 3 N–H and O–H groups in total. The lowest BCUT2D eigenvalue weighted by molar-refractivity contribution is -0.127. The number of amides is 1. The SMILES string of the molecule is CCCCOCC(NCCC)(C(N)=O)c1ccccc1. The van der Waals surface area contributed by atoms with Gasteiger partial charge >= 0.3 is 0 Å². The second kappa shape index (κ2) is 8.72. The van der Waals surface area contributed by atoms with E-state index in [0.29, 0.717) is 6.61 Å². The van der Waals surface area contributed by atoms with Crippen molar-refractivity contribution in [2.75, 3.05) is 19.8 Å². The van der Waals surface area contributed by atoms with E-state index in [4.69, 9.17) is 10.5 Å². The Balaban J connectivity index is 2.92.